The molecule has 0 aromatic rings. The van der Waals surface area contributed by atoms with Crippen molar-refractivity contribution in [3.8, 4) is 0 Å². The van der Waals surface area contributed by atoms with Gasteiger partial charge >= 0.3 is 5.97 Å². The van der Waals surface area contributed by atoms with E-state index in [4.69, 9.17) is 15.9 Å². The van der Waals surface area contributed by atoms with Crippen LogP contribution in [0.4, 0.5) is 0 Å². The molecule has 5 atom stereocenters. The molecule has 0 aromatic carbocycles. The summed E-state index contributed by atoms with van der Waals surface area (Å²) in [6.45, 7) is 1.30. The molecule has 0 spiro atoms. The van der Waals surface area contributed by atoms with Gasteiger partial charge in [0.25, 0.3) is 0 Å². The van der Waals surface area contributed by atoms with Gasteiger partial charge in [0.15, 0.2) is 11.8 Å². The molecule has 0 unspecified atom stereocenters. The maximum absolute atomic E-state index is 10.8. The summed E-state index contributed by atoms with van der Waals surface area (Å²) in [5, 5.41) is 36.4. The molecule has 0 amide bonds. The third kappa shape index (κ3) is 1.39. The zero-order valence-corrected chi connectivity index (χ0v) is 7.49. The molecule has 1 aliphatic heterocycles. The monoisotopic (exact) mass is 207 g/mol. The lowest BCUT2D eigenvalue weighted by atomic mass is 9.82. The Morgan fingerprint density at radius 2 is 1.93 bits per heavy atom. The summed E-state index contributed by atoms with van der Waals surface area (Å²) in [6.07, 6.45) is -6.24. The molecule has 1 fully saturated rings. The van der Waals surface area contributed by atoms with E-state index in [1.54, 1.807) is 0 Å². The molecule has 7 heteroatoms. The summed E-state index contributed by atoms with van der Waals surface area (Å²) in [4.78, 5) is 10.8. The molecule has 1 rings (SSSR count). The van der Waals surface area contributed by atoms with Crippen molar-refractivity contribution >= 4 is 5.97 Å². The van der Waals surface area contributed by atoms with Crippen LogP contribution in [-0.4, -0.2) is 56.5 Å². The molecular weight excluding hydrogens is 194 g/mol. The van der Waals surface area contributed by atoms with Crippen molar-refractivity contribution in [2.45, 2.75) is 37.1 Å². The third-order valence-corrected chi connectivity index (χ3v) is 2.49. The number of ether oxygens (including phenoxy) is 1. The molecule has 1 saturated heterocycles. The van der Waals surface area contributed by atoms with E-state index in [2.05, 4.69) is 4.74 Å². The number of carboxylic acid groups (broad SMARTS) is 1. The average Bonchev–Trinajstić information content (AvgIpc) is 2.11. The van der Waals surface area contributed by atoms with Crippen LogP contribution >= 0.6 is 0 Å². The van der Waals surface area contributed by atoms with Gasteiger partial charge in [0.2, 0.25) is 0 Å². The van der Waals surface area contributed by atoms with Crippen molar-refractivity contribution in [1.29, 1.82) is 0 Å². The Morgan fingerprint density at radius 1 is 1.43 bits per heavy atom. The molecular formula is C7H13NO6. The zero-order valence-electron chi connectivity index (χ0n) is 7.49. The summed E-state index contributed by atoms with van der Waals surface area (Å²) in [5.41, 5.74) is 3.28. The van der Waals surface area contributed by atoms with Crippen LogP contribution in [0.1, 0.15) is 6.92 Å². The maximum atomic E-state index is 10.8. The molecule has 14 heavy (non-hydrogen) atoms. The van der Waals surface area contributed by atoms with E-state index in [1.807, 2.05) is 0 Å². The van der Waals surface area contributed by atoms with E-state index in [0.29, 0.717) is 0 Å². The van der Waals surface area contributed by atoms with Crippen LogP contribution in [0.5, 0.6) is 0 Å². The van der Waals surface area contributed by atoms with Gasteiger partial charge in [-0.3, -0.25) is 4.79 Å². The van der Waals surface area contributed by atoms with Gasteiger partial charge in [-0.1, -0.05) is 0 Å². The van der Waals surface area contributed by atoms with Crippen LogP contribution in [0.3, 0.4) is 0 Å². The zero-order chi connectivity index (χ0) is 11.1. The first-order valence-electron chi connectivity index (χ1n) is 4.03. The van der Waals surface area contributed by atoms with Gasteiger partial charge in [-0.05, 0) is 6.92 Å². The Labute approximate surface area is 79.7 Å². The minimum atomic E-state index is -2.11. The van der Waals surface area contributed by atoms with Crippen LogP contribution in [0, 0.1) is 0 Å². The summed E-state index contributed by atoms with van der Waals surface area (Å²) in [6, 6.07) is 0. The molecule has 0 aliphatic carbocycles. The Morgan fingerprint density at radius 3 is 2.36 bits per heavy atom. The van der Waals surface area contributed by atoms with E-state index in [9.17, 15) is 15.0 Å². The lowest BCUT2D eigenvalue weighted by Crippen LogP contribution is -2.73. The number of carbonyl (C=O) groups is 1. The van der Waals surface area contributed by atoms with Crippen molar-refractivity contribution in [1.82, 2.24) is 0 Å². The van der Waals surface area contributed by atoms with Crippen molar-refractivity contribution in [3.63, 3.8) is 0 Å². The normalized spacial score (nSPS) is 48.9. The Balaban J connectivity index is 3.00. The van der Waals surface area contributed by atoms with Crippen LogP contribution in [-0.2, 0) is 9.53 Å². The molecule has 0 aromatic heterocycles. The molecule has 7 nitrogen and oxygen atoms in total. The fraction of sp³-hybridized carbons (Fsp3) is 0.857. The Kier molecular flexibility index (Phi) is 2.79. The third-order valence-electron chi connectivity index (χ3n) is 2.49. The molecule has 1 heterocycles. The van der Waals surface area contributed by atoms with Crippen molar-refractivity contribution < 1.29 is 30.0 Å². The molecule has 0 saturated carbocycles. The quantitative estimate of drug-likeness (QED) is 0.314. The second-order valence-electron chi connectivity index (χ2n) is 3.34. The van der Waals surface area contributed by atoms with Gasteiger partial charge in [-0.2, -0.15) is 0 Å². The molecule has 0 bridgehead atoms. The summed E-state index contributed by atoms with van der Waals surface area (Å²) in [7, 11) is 0. The van der Waals surface area contributed by atoms with E-state index >= 15 is 0 Å². The Bertz CT molecular complexity index is 246. The molecule has 0 radical (unpaired) electrons. The minimum Gasteiger partial charge on any atom is -0.480 e. The Hall–Kier alpha value is -0.730. The van der Waals surface area contributed by atoms with Crippen LogP contribution < -0.4 is 5.73 Å². The first kappa shape index (κ1) is 11.3. The second-order valence-corrected chi connectivity index (χ2v) is 3.34. The first-order valence-corrected chi connectivity index (χ1v) is 4.03. The number of hydrogen-bond acceptors (Lipinski definition) is 6. The van der Waals surface area contributed by atoms with Gasteiger partial charge < -0.3 is 30.9 Å². The van der Waals surface area contributed by atoms with Gasteiger partial charge in [0.1, 0.15) is 12.2 Å². The van der Waals surface area contributed by atoms with Crippen molar-refractivity contribution in [2.24, 2.45) is 5.73 Å². The predicted molar refractivity (Wildman–Crippen MR) is 43.1 cm³/mol. The smallest absolute Gasteiger partial charge is 0.329 e. The van der Waals surface area contributed by atoms with E-state index in [-0.39, 0.29) is 0 Å². The highest BCUT2D eigenvalue weighted by Gasteiger charge is 2.56. The number of nitrogens with two attached hydrogens (primary N) is 1. The number of aliphatic hydroxyl groups is 3. The van der Waals surface area contributed by atoms with Gasteiger partial charge in [0, 0.05) is 0 Å². The highest BCUT2D eigenvalue weighted by molar-refractivity contribution is 5.80. The van der Waals surface area contributed by atoms with E-state index < -0.39 is 36.1 Å². The predicted octanol–water partition coefficient (Wildman–Crippen LogP) is -2.77. The number of carboxylic acids is 1. The number of aliphatic hydroxyl groups excluding tert-OH is 3. The van der Waals surface area contributed by atoms with Crippen LogP contribution in [0.2, 0.25) is 0 Å². The first-order chi connectivity index (χ1) is 6.31. The summed E-state index contributed by atoms with van der Waals surface area (Å²) in [5.74, 6) is -1.50. The lowest BCUT2D eigenvalue weighted by Gasteiger charge is -2.44. The average molecular weight is 207 g/mol. The molecule has 6 N–H and O–H groups in total. The van der Waals surface area contributed by atoms with Gasteiger partial charge in [-0.25, -0.2) is 0 Å². The van der Waals surface area contributed by atoms with Crippen LogP contribution in [0.25, 0.3) is 0 Å². The second kappa shape index (κ2) is 3.44. The fourth-order valence-corrected chi connectivity index (χ4v) is 1.38. The highest BCUT2D eigenvalue weighted by atomic mass is 16.6. The van der Waals surface area contributed by atoms with Crippen molar-refractivity contribution in [2.75, 3.05) is 0 Å². The topological polar surface area (TPSA) is 133 Å². The minimum absolute atomic E-state index is 1.10. The molecule has 82 valence electrons. The van der Waals surface area contributed by atoms with Crippen molar-refractivity contribution in [3.05, 3.63) is 0 Å². The summed E-state index contributed by atoms with van der Waals surface area (Å²) < 4.78 is 4.69. The van der Waals surface area contributed by atoms with Crippen LogP contribution in [0.15, 0.2) is 0 Å². The fourth-order valence-electron chi connectivity index (χ4n) is 1.38. The van der Waals surface area contributed by atoms with Gasteiger partial charge in [0.05, 0.1) is 6.10 Å². The number of hydrogen-bond donors (Lipinski definition) is 5. The largest absolute Gasteiger partial charge is 0.480 e. The lowest BCUT2D eigenvalue weighted by molar-refractivity contribution is -0.269. The number of aliphatic carboxylic acids is 1. The standard InChI is InChI=1S/C7H13NO6/c1-2-7(8,6(12)13)4(10)3(9)5(11)14-2/h2-5,9-11H,8H2,1H3,(H,12,13)/t2-,3-,4+,5-,7-/m1/s1. The molecule has 1 aliphatic rings. The highest BCUT2D eigenvalue weighted by Crippen LogP contribution is 2.27. The van der Waals surface area contributed by atoms with E-state index in [1.165, 1.54) is 6.92 Å². The SMILES string of the molecule is C[C@H]1O[C@@H](O)[C@H](O)[C@H](O)[C@@]1(N)C(=O)O. The van der Waals surface area contributed by atoms with E-state index in [0.717, 1.165) is 0 Å². The maximum Gasteiger partial charge on any atom is 0.329 e. The number of rotatable bonds is 1. The van der Waals surface area contributed by atoms with Gasteiger partial charge in [-0.15, -0.1) is 0 Å². The summed E-state index contributed by atoms with van der Waals surface area (Å²) >= 11 is 0.